The number of amides is 2. The van der Waals surface area contributed by atoms with E-state index in [1.807, 2.05) is 28.0 Å². The first-order valence-electron chi connectivity index (χ1n) is 8.56. The highest BCUT2D eigenvalue weighted by Crippen LogP contribution is 2.40. The number of hydrogen-bond acceptors (Lipinski definition) is 4. The van der Waals surface area contributed by atoms with Crippen LogP contribution in [-0.4, -0.2) is 66.5 Å². The second kappa shape index (κ2) is 7.30. The molecule has 0 aromatic carbocycles. The van der Waals surface area contributed by atoms with Crippen molar-refractivity contribution in [3.8, 4) is 0 Å². The molecular formula is C18H25N3O3. The van der Waals surface area contributed by atoms with Gasteiger partial charge in [0.15, 0.2) is 0 Å². The Morgan fingerprint density at radius 2 is 2.12 bits per heavy atom. The van der Waals surface area contributed by atoms with Crippen molar-refractivity contribution in [2.24, 2.45) is 5.41 Å². The van der Waals surface area contributed by atoms with Gasteiger partial charge in [-0.1, -0.05) is 6.07 Å². The number of ether oxygens (including phenoxy) is 1. The number of aromatic nitrogens is 1. The van der Waals surface area contributed by atoms with Crippen LogP contribution in [-0.2, 0) is 20.7 Å². The number of rotatable bonds is 5. The van der Waals surface area contributed by atoms with Crippen LogP contribution in [0, 0.1) is 5.41 Å². The standard InChI is InChI=1S/C18H25N3O3/c1-24-11-10-21-14-18(13-17(21)23)5-8-20(9-6-18)16(22)12-15-4-2-3-7-19-15/h2-4,7H,5-6,8-14H2,1H3. The van der Waals surface area contributed by atoms with E-state index in [9.17, 15) is 9.59 Å². The molecule has 0 bridgehead atoms. The van der Waals surface area contributed by atoms with E-state index in [0.717, 1.165) is 38.2 Å². The first kappa shape index (κ1) is 16.9. The Hall–Kier alpha value is -1.95. The Morgan fingerprint density at radius 3 is 2.79 bits per heavy atom. The second-order valence-electron chi connectivity index (χ2n) is 6.86. The fourth-order valence-corrected chi connectivity index (χ4v) is 3.72. The van der Waals surface area contributed by atoms with Gasteiger partial charge in [0.25, 0.3) is 0 Å². The third-order valence-electron chi connectivity index (χ3n) is 5.21. The lowest BCUT2D eigenvalue weighted by molar-refractivity contribution is -0.132. The molecule has 0 unspecified atom stereocenters. The van der Waals surface area contributed by atoms with Crippen molar-refractivity contribution >= 4 is 11.8 Å². The van der Waals surface area contributed by atoms with Crippen LogP contribution in [0.2, 0.25) is 0 Å². The number of piperidine rings is 1. The summed E-state index contributed by atoms with van der Waals surface area (Å²) >= 11 is 0. The molecule has 2 aliphatic heterocycles. The van der Waals surface area contributed by atoms with Gasteiger partial charge in [-0.3, -0.25) is 14.6 Å². The molecule has 0 atom stereocenters. The van der Waals surface area contributed by atoms with E-state index < -0.39 is 0 Å². The lowest BCUT2D eigenvalue weighted by Gasteiger charge is -2.38. The van der Waals surface area contributed by atoms with E-state index in [1.54, 1.807) is 13.3 Å². The summed E-state index contributed by atoms with van der Waals surface area (Å²) < 4.78 is 5.08. The predicted octanol–water partition coefficient (Wildman–Crippen LogP) is 1.11. The van der Waals surface area contributed by atoms with E-state index in [0.29, 0.717) is 26.0 Å². The average molecular weight is 331 g/mol. The van der Waals surface area contributed by atoms with E-state index >= 15 is 0 Å². The molecule has 1 spiro atoms. The molecule has 1 aromatic rings. The largest absolute Gasteiger partial charge is 0.383 e. The highest BCUT2D eigenvalue weighted by atomic mass is 16.5. The molecule has 3 rings (SSSR count). The zero-order valence-electron chi connectivity index (χ0n) is 14.2. The first-order valence-corrected chi connectivity index (χ1v) is 8.56. The Bertz CT molecular complexity index is 582. The SMILES string of the molecule is COCCN1CC2(CCN(C(=O)Cc3ccccn3)CC2)CC1=O. The highest BCUT2D eigenvalue weighted by molar-refractivity contribution is 5.80. The van der Waals surface area contributed by atoms with Crippen molar-refractivity contribution in [1.29, 1.82) is 0 Å². The molecule has 6 heteroatoms. The first-order chi connectivity index (χ1) is 11.6. The Labute approximate surface area is 142 Å². The lowest BCUT2D eigenvalue weighted by Crippen LogP contribution is -2.45. The van der Waals surface area contributed by atoms with E-state index in [2.05, 4.69) is 4.98 Å². The maximum Gasteiger partial charge on any atom is 0.228 e. The molecule has 2 aliphatic rings. The smallest absolute Gasteiger partial charge is 0.228 e. The van der Waals surface area contributed by atoms with Gasteiger partial charge in [-0.15, -0.1) is 0 Å². The number of carbonyl (C=O) groups excluding carboxylic acids is 2. The Kier molecular flexibility index (Phi) is 5.14. The van der Waals surface area contributed by atoms with Gasteiger partial charge in [0.1, 0.15) is 0 Å². The predicted molar refractivity (Wildman–Crippen MR) is 89.3 cm³/mol. The third kappa shape index (κ3) is 3.75. The van der Waals surface area contributed by atoms with Crippen LogP contribution in [0.4, 0.5) is 0 Å². The van der Waals surface area contributed by atoms with Crippen molar-refractivity contribution in [1.82, 2.24) is 14.8 Å². The van der Waals surface area contributed by atoms with Crippen LogP contribution in [0.3, 0.4) is 0 Å². The fourth-order valence-electron chi connectivity index (χ4n) is 3.72. The molecule has 0 N–H and O–H groups in total. The molecule has 1 aromatic heterocycles. The summed E-state index contributed by atoms with van der Waals surface area (Å²) in [7, 11) is 1.65. The van der Waals surface area contributed by atoms with Crippen molar-refractivity contribution in [3.05, 3.63) is 30.1 Å². The molecule has 3 heterocycles. The zero-order valence-corrected chi connectivity index (χ0v) is 14.2. The number of pyridine rings is 1. The summed E-state index contributed by atoms with van der Waals surface area (Å²) in [5, 5.41) is 0. The van der Waals surface area contributed by atoms with Gasteiger partial charge in [-0.2, -0.15) is 0 Å². The topological polar surface area (TPSA) is 62.7 Å². The van der Waals surface area contributed by atoms with Crippen molar-refractivity contribution in [2.45, 2.75) is 25.7 Å². The zero-order chi connectivity index (χ0) is 17.0. The molecule has 6 nitrogen and oxygen atoms in total. The Morgan fingerprint density at radius 1 is 1.33 bits per heavy atom. The molecule has 0 radical (unpaired) electrons. The highest BCUT2D eigenvalue weighted by Gasteiger charge is 2.45. The molecule has 2 fully saturated rings. The van der Waals surface area contributed by atoms with Crippen LogP contribution in [0.5, 0.6) is 0 Å². The van der Waals surface area contributed by atoms with Crippen LogP contribution < -0.4 is 0 Å². The summed E-state index contributed by atoms with van der Waals surface area (Å²) in [5.74, 6) is 0.351. The van der Waals surface area contributed by atoms with Crippen molar-refractivity contribution in [3.63, 3.8) is 0 Å². The van der Waals surface area contributed by atoms with E-state index in [-0.39, 0.29) is 17.2 Å². The Balaban J connectivity index is 1.52. The normalized spacial score (nSPS) is 20.0. The number of carbonyl (C=O) groups is 2. The third-order valence-corrected chi connectivity index (χ3v) is 5.21. The maximum atomic E-state index is 12.4. The number of hydrogen-bond donors (Lipinski definition) is 0. The summed E-state index contributed by atoms with van der Waals surface area (Å²) in [5.41, 5.74) is 0.858. The average Bonchev–Trinajstić information content (AvgIpc) is 2.89. The van der Waals surface area contributed by atoms with Crippen LogP contribution in [0.25, 0.3) is 0 Å². The molecular weight excluding hydrogens is 306 g/mol. The molecule has 24 heavy (non-hydrogen) atoms. The van der Waals surface area contributed by atoms with Gasteiger partial charge >= 0.3 is 0 Å². The van der Waals surface area contributed by atoms with Gasteiger partial charge in [-0.05, 0) is 25.0 Å². The second-order valence-corrected chi connectivity index (χ2v) is 6.86. The van der Waals surface area contributed by atoms with Crippen LogP contribution in [0.15, 0.2) is 24.4 Å². The van der Waals surface area contributed by atoms with E-state index in [1.165, 1.54) is 0 Å². The van der Waals surface area contributed by atoms with Crippen molar-refractivity contribution in [2.75, 3.05) is 39.9 Å². The number of methoxy groups -OCH3 is 1. The van der Waals surface area contributed by atoms with Crippen LogP contribution >= 0.6 is 0 Å². The molecule has 2 amide bonds. The molecule has 0 aliphatic carbocycles. The minimum Gasteiger partial charge on any atom is -0.383 e. The molecule has 2 saturated heterocycles. The van der Waals surface area contributed by atoms with Crippen molar-refractivity contribution < 1.29 is 14.3 Å². The van der Waals surface area contributed by atoms with Gasteiger partial charge in [0.05, 0.1) is 13.0 Å². The summed E-state index contributed by atoms with van der Waals surface area (Å²) in [6.45, 7) is 3.52. The minimum atomic E-state index is 0.0482. The summed E-state index contributed by atoms with van der Waals surface area (Å²) in [6, 6.07) is 5.64. The number of nitrogens with zero attached hydrogens (tertiary/aromatic N) is 3. The summed E-state index contributed by atoms with van der Waals surface area (Å²) in [4.78, 5) is 32.7. The van der Waals surface area contributed by atoms with Gasteiger partial charge in [0.2, 0.25) is 11.8 Å². The quantitative estimate of drug-likeness (QED) is 0.811. The van der Waals surface area contributed by atoms with E-state index in [4.69, 9.17) is 4.74 Å². The minimum absolute atomic E-state index is 0.0482. The van der Waals surface area contributed by atoms with Gasteiger partial charge in [-0.25, -0.2) is 0 Å². The van der Waals surface area contributed by atoms with Gasteiger partial charge < -0.3 is 14.5 Å². The van der Waals surface area contributed by atoms with Crippen LogP contribution in [0.1, 0.15) is 25.0 Å². The summed E-state index contributed by atoms with van der Waals surface area (Å²) in [6.07, 6.45) is 4.48. The number of likely N-dealkylation sites (tertiary alicyclic amines) is 2. The molecule has 130 valence electrons. The maximum absolute atomic E-state index is 12.4. The fraction of sp³-hybridized carbons (Fsp3) is 0.611. The monoisotopic (exact) mass is 331 g/mol. The van der Waals surface area contributed by atoms with Gasteiger partial charge in [0, 0.05) is 57.0 Å². The lowest BCUT2D eigenvalue weighted by atomic mass is 9.77. The molecule has 0 saturated carbocycles.